The van der Waals surface area contributed by atoms with Crippen molar-refractivity contribution in [2.24, 2.45) is 0 Å². The molecule has 0 spiro atoms. The van der Waals surface area contributed by atoms with Crippen molar-refractivity contribution in [3.8, 4) is 5.75 Å². The first kappa shape index (κ1) is 15.5. The van der Waals surface area contributed by atoms with E-state index in [1.54, 1.807) is 23.5 Å². The van der Waals surface area contributed by atoms with E-state index in [1.165, 1.54) is 5.56 Å². The van der Waals surface area contributed by atoms with Crippen LogP contribution in [0.3, 0.4) is 0 Å². The van der Waals surface area contributed by atoms with Crippen LogP contribution in [-0.2, 0) is 0 Å². The van der Waals surface area contributed by atoms with E-state index in [9.17, 15) is 10.2 Å². The number of rotatable bonds is 5. The van der Waals surface area contributed by atoms with Crippen LogP contribution in [0.2, 0.25) is 0 Å². The molecule has 1 aliphatic rings. The molecule has 1 fully saturated rings. The van der Waals surface area contributed by atoms with Gasteiger partial charge in [0.05, 0.1) is 6.10 Å². The van der Waals surface area contributed by atoms with Crippen molar-refractivity contribution in [3.63, 3.8) is 0 Å². The van der Waals surface area contributed by atoms with Crippen LogP contribution < -0.4 is 5.32 Å². The minimum Gasteiger partial charge on any atom is -0.508 e. The largest absolute Gasteiger partial charge is 0.508 e. The highest BCUT2D eigenvalue weighted by molar-refractivity contribution is 7.07. The number of hydrogen-bond donors (Lipinski definition) is 3. The number of nitrogens with one attached hydrogen (secondary N) is 1. The van der Waals surface area contributed by atoms with Gasteiger partial charge in [0.2, 0.25) is 0 Å². The molecule has 2 aromatic rings. The van der Waals surface area contributed by atoms with Crippen LogP contribution in [0.5, 0.6) is 5.75 Å². The Morgan fingerprint density at radius 1 is 1.09 bits per heavy atom. The predicted molar refractivity (Wildman–Crippen MR) is 90.4 cm³/mol. The summed E-state index contributed by atoms with van der Waals surface area (Å²) in [7, 11) is 0. The van der Waals surface area contributed by atoms with Gasteiger partial charge in [-0.05, 0) is 71.7 Å². The van der Waals surface area contributed by atoms with Crippen LogP contribution in [0.4, 0.5) is 0 Å². The normalized spacial score (nSPS) is 23.3. The van der Waals surface area contributed by atoms with Gasteiger partial charge in [0.15, 0.2) is 0 Å². The summed E-state index contributed by atoms with van der Waals surface area (Å²) >= 11 is 1.62. The number of aliphatic hydroxyl groups excluding tert-OH is 1. The summed E-state index contributed by atoms with van der Waals surface area (Å²) in [5.41, 5.74) is 2.34. The summed E-state index contributed by atoms with van der Waals surface area (Å²) in [6, 6.07) is 10.1. The smallest absolute Gasteiger partial charge is 0.115 e. The average Bonchev–Trinajstić information content (AvgIpc) is 3.08. The van der Waals surface area contributed by atoms with E-state index >= 15 is 0 Å². The molecule has 3 rings (SSSR count). The molecule has 1 saturated carbocycles. The molecule has 1 aromatic carbocycles. The molecule has 4 heteroatoms. The summed E-state index contributed by atoms with van der Waals surface area (Å²) < 4.78 is 0. The number of benzene rings is 1. The second-order valence-corrected chi connectivity index (χ2v) is 6.90. The summed E-state index contributed by atoms with van der Waals surface area (Å²) in [6.45, 7) is 0.630. The average molecular weight is 317 g/mol. The Morgan fingerprint density at radius 2 is 1.82 bits per heavy atom. The number of thiophene rings is 1. The van der Waals surface area contributed by atoms with E-state index in [0.717, 1.165) is 31.2 Å². The molecule has 3 nitrogen and oxygen atoms in total. The molecule has 1 atom stereocenters. The standard InChI is InChI=1S/C18H23NO2S/c20-17-7-3-14(4-8-17)13-1-5-16(6-2-13)19-11-18(21)15-9-10-22-12-15/h3-4,7-10,12-13,16,18-21H,1-2,5-6,11H2. The second kappa shape index (κ2) is 7.27. The van der Waals surface area contributed by atoms with Crippen molar-refractivity contribution < 1.29 is 10.2 Å². The molecule has 0 radical (unpaired) electrons. The van der Waals surface area contributed by atoms with Crippen LogP contribution in [0.25, 0.3) is 0 Å². The van der Waals surface area contributed by atoms with Crippen LogP contribution in [0.15, 0.2) is 41.1 Å². The van der Waals surface area contributed by atoms with E-state index in [1.807, 2.05) is 29.0 Å². The Morgan fingerprint density at radius 3 is 2.45 bits per heavy atom. The first-order valence-electron chi connectivity index (χ1n) is 7.95. The Kier molecular flexibility index (Phi) is 5.13. The molecular weight excluding hydrogens is 294 g/mol. The quantitative estimate of drug-likeness (QED) is 0.786. The maximum Gasteiger partial charge on any atom is 0.115 e. The van der Waals surface area contributed by atoms with E-state index in [-0.39, 0.29) is 0 Å². The lowest BCUT2D eigenvalue weighted by Gasteiger charge is -2.30. The zero-order valence-corrected chi connectivity index (χ0v) is 13.4. The minimum absolute atomic E-state index is 0.335. The first-order chi connectivity index (χ1) is 10.7. The molecule has 0 bridgehead atoms. The number of aliphatic hydroxyl groups is 1. The zero-order valence-electron chi connectivity index (χ0n) is 12.6. The molecule has 1 aliphatic carbocycles. The maximum atomic E-state index is 10.1. The number of hydrogen-bond acceptors (Lipinski definition) is 4. The van der Waals surface area contributed by atoms with E-state index < -0.39 is 6.10 Å². The van der Waals surface area contributed by atoms with Gasteiger partial charge in [-0.15, -0.1) is 0 Å². The minimum atomic E-state index is -0.402. The molecule has 3 N–H and O–H groups in total. The topological polar surface area (TPSA) is 52.5 Å². The molecular formula is C18H23NO2S. The monoisotopic (exact) mass is 317 g/mol. The third kappa shape index (κ3) is 3.88. The summed E-state index contributed by atoms with van der Waals surface area (Å²) in [4.78, 5) is 0. The first-order valence-corrected chi connectivity index (χ1v) is 8.89. The predicted octanol–water partition coefficient (Wildman–Crippen LogP) is 3.80. The number of phenols is 1. The molecule has 0 aliphatic heterocycles. The van der Waals surface area contributed by atoms with Crippen molar-refractivity contribution >= 4 is 11.3 Å². The highest BCUT2D eigenvalue weighted by atomic mass is 32.1. The van der Waals surface area contributed by atoms with Crippen LogP contribution >= 0.6 is 11.3 Å². The molecule has 1 unspecified atom stereocenters. The Balaban J connectivity index is 1.44. The van der Waals surface area contributed by atoms with Crippen LogP contribution in [-0.4, -0.2) is 22.8 Å². The fourth-order valence-electron chi connectivity index (χ4n) is 3.24. The Bertz CT molecular complexity index is 559. The van der Waals surface area contributed by atoms with Gasteiger partial charge in [-0.1, -0.05) is 12.1 Å². The van der Waals surface area contributed by atoms with Crippen molar-refractivity contribution in [2.45, 2.75) is 43.7 Å². The lowest BCUT2D eigenvalue weighted by molar-refractivity contribution is 0.165. The SMILES string of the molecule is Oc1ccc(C2CCC(NCC(O)c3ccsc3)CC2)cc1. The van der Waals surface area contributed by atoms with Crippen molar-refractivity contribution in [1.82, 2.24) is 5.32 Å². The van der Waals surface area contributed by atoms with Gasteiger partial charge in [-0.2, -0.15) is 11.3 Å². The highest BCUT2D eigenvalue weighted by Gasteiger charge is 2.22. The van der Waals surface area contributed by atoms with E-state index in [4.69, 9.17) is 0 Å². The molecule has 0 saturated heterocycles. The van der Waals surface area contributed by atoms with Gasteiger partial charge in [-0.25, -0.2) is 0 Å². The third-order valence-corrected chi connectivity index (χ3v) is 5.32. The van der Waals surface area contributed by atoms with Gasteiger partial charge < -0.3 is 15.5 Å². The fourth-order valence-corrected chi connectivity index (χ4v) is 3.95. The van der Waals surface area contributed by atoms with Gasteiger partial charge in [0, 0.05) is 12.6 Å². The summed E-state index contributed by atoms with van der Waals surface area (Å²) in [6.07, 6.45) is 4.21. The Hall–Kier alpha value is -1.36. The molecule has 1 heterocycles. The number of aromatic hydroxyl groups is 1. The zero-order chi connectivity index (χ0) is 15.4. The van der Waals surface area contributed by atoms with Crippen molar-refractivity contribution in [3.05, 3.63) is 52.2 Å². The molecule has 118 valence electrons. The highest BCUT2D eigenvalue weighted by Crippen LogP contribution is 2.33. The fraction of sp³-hybridized carbons (Fsp3) is 0.444. The second-order valence-electron chi connectivity index (χ2n) is 6.12. The molecule has 1 aromatic heterocycles. The van der Waals surface area contributed by atoms with Crippen LogP contribution in [0.1, 0.15) is 48.8 Å². The lowest BCUT2D eigenvalue weighted by Crippen LogP contribution is -2.35. The van der Waals surface area contributed by atoms with Gasteiger partial charge in [-0.3, -0.25) is 0 Å². The summed E-state index contributed by atoms with van der Waals surface area (Å²) in [5.74, 6) is 0.932. The van der Waals surface area contributed by atoms with Crippen molar-refractivity contribution in [2.75, 3.05) is 6.54 Å². The lowest BCUT2D eigenvalue weighted by atomic mass is 9.81. The number of phenolic OH excluding ortho intramolecular Hbond substituents is 1. The van der Waals surface area contributed by atoms with E-state index in [2.05, 4.69) is 5.32 Å². The molecule has 0 amide bonds. The summed E-state index contributed by atoms with van der Waals surface area (Å²) in [5, 5.41) is 27.0. The maximum absolute atomic E-state index is 10.1. The molecule has 22 heavy (non-hydrogen) atoms. The Labute approximate surface area is 135 Å². The van der Waals surface area contributed by atoms with Crippen LogP contribution in [0, 0.1) is 0 Å². The van der Waals surface area contributed by atoms with Gasteiger partial charge in [0.1, 0.15) is 5.75 Å². The van der Waals surface area contributed by atoms with Gasteiger partial charge >= 0.3 is 0 Å². The van der Waals surface area contributed by atoms with Gasteiger partial charge in [0.25, 0.3) is 0 Å². The van der Waals surface area contributed by atoms with E-state index in [0.29, 0.717) is 24.3 Å². The third-order valence-electron chi connectivity index (χ3n) is 4.62. The van der Waals surface area contributed by atoms with Crippen molar-refractivity contribution in [1.29, 1.82) is 0 Å².